The van der Waals surface area contributed by atoms with E-state index in [1.54, 1.807) is 13.3 Å². The number of imidazole rings is 2. The summed E-state index contributed by atoms with van der Waals surface area (Å²) in [5.41, 5.74) is 1.83. The number of nitrogens with zero attached hydrogens (tertiary/aromatic N) is 5. The second-order valence-electron chi connectivity index (χ2n) is 5.49. The molecule has 0 radical (unpaired) electrons. The highest BCUT2D eigenvalue weighted by Gasteiger charge is 2.16. The Kier molecular flexibility index (Phi) is 4.24. The summed E-state index contributed by atoms with van der Waals surface area (Å²) in [6.07, 6.45) is 7.76. The Morgan fingerprint density at radius 1 is 1.41 bits per heavy atom. The normalized spacial score (nSPS) is 13.0. The smallest absolute Gasteiger partial charge is 0.177 e. The number of rotatable bonds is 7. The molecule has 118 valence electrons. The zero-order chi connectivity index (χ0) is 15.5. The molecule has 3 heterocycles. The minimum absolute atomic E-state index is 0.340. The molecule has 3 aromatic rings. The summed E-state index contributed by atoms with van der Waals surface area (Å²) in [6, 6.07) is 0.340. The molecule has 0 fully saturated rings. The first kappa shape index (κ1) is 14.8. The highest BCUT2D eigenvalue weighted by atomic mass is 16.5. The number of H-pyrrole nitrogens is 1. The van der Waals surface area contributed by atoms with Crippen molar-refractivity contribution in [3.8, 4) is 11.6 Å². The minimum atomic E-state index is 0.340. The van der Waals surface area contributed by atoms with Gasteiger partial charge in [-0.05, 0) is 13.3 Å². The van der Waals surface area contributed by atoms with Crippen LogP contribution in [0.5, 0.6) is 0 Å². The van der Waals surface area contributed by atoms with Gasteiger partial charge in [-0.15, -0.1) is 0 Å². The van der Waals surface area contributed by atoms with Crippen LogP contribution in [0.15, 0.2) is 18.6 Å². The first-order valence-corrected chi connectivity index (χ1v) is 7.68. The molecule has 7 heteroatoms. The van der Waals surface area contributed by atoms with Crippen molar-refractivity contribution < 1.29 is 4.74 Å². The van der Waals surface area contributed by atoms with E-state index in [2.05, 4.69) is 28.9 Å². The third kappa shape index (κ3) is 2.64. The van der Waals surface area contributed by atoms with E-state index < -0.39 is 0 Å². The minimum Gasteiger partial charge on any atom is -0.383 e. The molecule has 0 aromatic carbocycles. The van der Waals surface area contributed by atoms with Crippen LogP contribution in [0.4, 0.5) is 0 Å². The van der Waals surface area contributed by atoms with Crippen LogP contribution in [0.3, 0.4) is 0 Å². The van der Waals surface area contributed by atoms with Gasteiger partial charge in [0.25, 0.3) is 0 Å². The van der Waals surface area contributed by atoms with E-state index in [9.17, 15) is 0 Å². The Hall–Kier alpha value is -2.15. The fourth-order valence-corrected chi connectivity index (χ4v) is 2.68. The fraction of sp³-hybridized carbons (Fsp3) is 0.533. The SMILES string of the molecule is CCCC(C)n1ncc2[nH]c(-c3nccn3CCOC)nc21. The second kappa shape index (κ2) is 6.31. The Balaban J connectivity index is 1.94. The van der Waals surface area contributed by atoms with Crippen LogP contribution in [-0.4, -0.2) is 43.0 Å². The predicted octanol–water partition coefficient (Wildman–Crippen LogP) is 2.63. The first-order chi connectivity index (χ1) is 10.7. The van der Waals surface area contributed by atoms with Gasteiger partial charge in [-0.25, -0.2) is 14.6 Å². The van der Waals surface area contributed by atoms with Gasteiger partial charge in [-0.1, -0.05) is 13.3 Å². The van der Waals surface area contributed by atoms with E-state index in [0.717, 1.165) is 42.2 Å². The molecule has 0 aliphatic carbocycles. The van der Waals surface area contributed by atoms with Crippen LogP contribution in [-0.2, 0) is 11.3 Å². The summed E-state index contributed by atoms with van der Waals surface area (Å²) in [7, 11) is 1.70. The Morgan fingerprint density at radius 2 is 2.27 bits per heavy atom. The molecule has 1 atom stereocenters. The number of aromatic amines is 1. The molecule has 0 saturated carbocycles. The number of ether oxygens (including phenoxy) is 1. The van der Waals surface area contributed by atoms with Gasteiger partial charge in [0.2, 0.25) is 0 Å². The average Bonchev–Trinajstić information content (AvgIpc) is 3.19. The maximum absolute atomic E-state index is 5.13. The third-order valence-corrected chi connectivity index (χ3v) is 3.83. The number of fused-ring (bicyclic) bond motifs is 1. The highest BCUT2D eigenvalue weighted by Crippen LogP contribution is 2.22. The number of hydrogen-bond donors (Lipinski definition) is 1. The molecule has 0 amide bonds. The van der Waals surface area contributed by atoms with E-state index in [-0.39, 0.29) is 0 Å². The standard InChI is InChI=1S/C15H22N6O/c1-4-5-11(2)21-14-12(10-17-21)18-13(19-14)15-16-6-7-20(15)8-9-22-3/h6-7,10-11H,4-5,8-9H2,1-3H3,(H,18,19). The molecule has 22 heavy (non-hydrogen) atoms. The van der Waals surface area contributed by atoms with Crippen molar-refractivity contribution in [2.45, 2.75) is 39.3 Å². The highest BCUT2D eigenvalue weighted by molar-refractivity contribution is 5.74. The van der Waals surface area contributed by atoms with Gasteiger partial charge < -0.3 is 14.3 Å². The summed E-state index contributed by atoms with van der Waals surface area (Å²) in [6.45, 7) is 5.75. The van der Waals surface area contributed by atoms with Crippen LogP contribution in [0.1, 0.15) is 32.7 Å². The molecule has 3 aromatic heterocycles. The van der Waals surface area contributed by atoms with Crippen molar-refractivity contribution in [1.29, 1.82) is 0 Å². The maximum atomic E-state index is 5.13. The molecule has 0 bridgehead atoms. The molecular weight excluding hydrogens is 280 g/mol. The zero-order valence-electron chi connectivity index (χ0n) is 13.3. The van der Waals surface area contributed by atoms with Crippen molar-refractivity contribution in [3.63, 3.8) is 0 Å². The van der Waals surface area contributed by atoms with Crippen molar-refractivity contribution in [1.82, 2.24) is 29.3 Å². The van der Waals surface area contributed by atoms with Gasteiger partial charge >= 0.3 is 0 Å². The summed E-state index contributed by atoms with van der Waals surface area (Å²) in [4.78, 5) is 12.4. The lowest BCUT2D eigenvalue weighted by molar-refractivity contribution is 0.187. The van der Waals surface area contributed by atoms with Crippen LogP contribution in [0.25, 0.3) is 22.8 Å². The molecule has 0 aliphatic rings. The lowest BCUT2D eigenvalue weighted by atomic mass is 10.2. The second-order valence-corrected chi connectivity index (χ2v) is 5.49. The lowest BCUT2D eigenvalue weighted by Gasteiger charge is -2.10. The molecular formula is C15H22N6O. The van der Waals surface area contributed by atoms with E-state index in [0.29, 0.717) is 12.6 Å². The van der Waals surface area contributed by atoms with Crippen LogP contribution in [0, 0.1) is 0 Å². The molecule has 0 saturated heterocycles. The number of aromatic nitrogens is 6. The molecule has 1 N–H and O–H groups in total. The van der Waals surface area contributed by atoms with Gasteiger partial charge in [0.05, 0.1) is 18.8 Å². The number of methoxy groups -OCH3 is 1. The molecule has 1 unspecified atom stereocenters. The monoisotopic (exact) mass is 302 g/mol. The van der Waals surface area contributed by atoms with Gasteiger partial charge in [-0.3, -0.25) is 0 Å². The van der Waals surface area contributed by atoms with Crippen LogP contribution < -0.4 is 0 Å². The van der Waals surface area contributed by atoms with Crippen LogP contribution >= 0.6 is 0 Å². The summed E-state index contributed by atoms with van der Waals surface area (Å²) >= 11 is 0. The molecule has 0 spiro atoms. The predicted molar refractivity (Wildman–Crippen MR) is 84.6 cm³/mol. The molecule has 3 rings (SSSR count). The molecule has 0 aliphatic heterocycles. The third-order valence-electron chi connectivity index (χ3n) is 3.83. The van der Waals surface area contributed by atoms with Gasteiger partial charge in [-0.2, -0.15) is 5.10 Å². The van der Waals surface area contributed by atoms with Crippen molar-refractivity contribution in [2.24, 2.45) is 0 Å². The topological polar surface area (TPSA) is 73.5 Å². The van der Waals surface area contributed by atoms with Crippen LogP contribution in [0.2, 0.25) is 0 Å². The Labute approximate surface area is 129 Å². The molecule has 7 nitrogen and oxygen atoms in total. The zero-order valence-corrected chi connectivity index (χ0v) is 13.3. The van der Waals surface area contributed by atoms with Gasteiger partial charge in [0.1, 0.15) is 5.52 Å². The van der Waals surface area contributed by atoms with Crippen molar-refractivity contribution >= 4 is 11.2 Å². The van der Waals surface area contributed by atoms with E-state index in [1.165, 1.54) is 0 Å². The average molecular weight is 302 g/mol. The number of nitrogens with one attached hydrogen (secondary N) is 1. The van der Waals surface area contributed by atoms with E-state index in [4.69, 9.17) is 9.72 Å². The Morgan fingerprint density at radius 3 is 3.05 bits per heavy atom. The maximum Gasteiger partial charge on any atom is 0.177 e. The summed E-state index contributed by atoms with van der Waals surface area (Å²) < 4.78 is 9.16. The lowest BCUT2D eigenvalue weighted by Crippen LogP contribution is -2.07. The largest absolute Gasteiger partial charge is 0.383 e. The van der Waals surface area contributed by atoms with E-state index in [1.807, 2.05) is 21.6 Å². The van der Waals surface area contributed by atoms with Crippen molar-refractivity contribution in [2.75, 3.05) is 13.7 Å². The van der Waals surface area contributed by atoms with Gasteiger partial charge in [0.15, 0.2) is 17.3 Å². The number of hydrogen-bond acceptors (Lipinski definition) is 4. The van der Waals surface area contributed by atoms with Crippen molar-refractivity contribution in [3.05, 3.63) is 18.6 Å². The summed E-state index contributed by atoms with van der Waals surface area (Å²) in [5, 5.41) is 4.44. The Bertz CT molecular complexity index is 740. The first-order valence-electron chi connectivity index (χ1n) is 7.68. The summed E-state index contributed by atoms with van der Waals surface area (Å²) in [5.74, 6) is 1.59. The quantitative estimate of drug-likeness (QED) is 0.728. The van der Waals surface area contributed by atoms with E-state index >= 15 is 0 Å². The fourth-order valence-electron chi connectivity index (χ4n) is 2.68. The van der Waals surface area contributed by atoms with Gasteiger partial charge in [0, 0.05) is 26.0 Å².